The third-order valence-electron chi connectivity index (χ3n) is 2.85. The zero-order valence-electron chi connectivity index (χ0n) is 10.5. The SMILES string of the molecule is CCC(CCCCO)c1ncc(C(=O)NO)cn1. The minimum atomic E-state index is -0.616. The van der Waals surface area contributed by atoms with E-state index < -0.39 is 5.91 Å². The lowest BCUT2D eigenvalue weighted by Crippen LogP contribution is -2.19. The van der Waals surface area contributed by atoms with Crippen LogP contribution in [0, 0.1) is 0 Å². The molecule has 0 aliphatic heterocycles. The summed E-state index contributed by atoms with van der Waals surface area (Å²) in [5.41, 5.74) is 1.77. The van der Waals surface area contributed by atoms with Crippen LogP contribution in [0.25, 0.3) is 0 Å². The van der Waals surface area contributed by atoms with Gasteiger partial charge < -0.3 is 5.11 Å². The summed E-state index contributed by atoms with van der Waals surface area (Å²) in [5, 5.41) is 17.2. The number of aliphatic hydroxyl groups excluding tert-OH is 1. The Morgan fingerprint density at radius 1 is 1.39 bits per heavy atom. The van der Waals surface area contributed by atoms with Gasteiger partial charge in [-0.1, -0.05) is 13.3 Å². The van der Waals surface area contributed by atoms with E-state index in [1.54, 1.807) is 0 Å². The molecule has 0 saturated heterocycles. The van der Waals surface area contributed by atoms with Gasteiger partial charge in [-0.05, 0) is 19.3 Å². The molecule has 1 heterocycles. The lowest BCUT2D eigenvalue weighted by Gasteiger charge is -2.12. The third-order valence-corrected chi connectivity index (χ3v) is 2.85. The second kappa shape index (κ2) is 7.73. The highest BCUT2D eigenvalue weighted by Crippen LogP contribution is 2.21. The van der Waals surface area contributed by atoms with E-state index in [9.17, 15) is 4.79 Å². The number of hydrogen-bond acceptors (Lipinski definition) is 5. The van der Waals surface area contributed by atoms with Crippen molar-refractivity contribution in [2.75, 3.05) is 6.61 Å². The zero-order chi connectivity index (χ0) is 13.4. The Morgan fingerprint density at radius 3 is 2.56 bits per heavy atom. The summed E-state index contributed by atoms with van der Waals surface area (Å²) in [6, 6.07) is 0. The molecule has 0 radical (unpaired) electrons. The molecule has 1 aromatic rings. The maximum absolute atomic E-state index is 11.1. The van der Waals surface area contributed by atoms with Crippen LogP contribution in [-0.2, 0) is 0 Å². The number of nitrogens with zero attached hydrogens (tertiary/aromatic N) is 2. The molecule has 18 heavy (non-hydrogen) atoms. The molecule has 0 aliphatic rings. The average molecular weight is 253 g/mol. The topological polar surface area (TPSA) is 95.3 Å². The second-order valence-electron chi connectivity index (χ2n) is 4.10. The summed E-state index contributed by atoms with van der Waals surface area (Å²) in [4.78, 5) is 19.4. The maximum Gasteiger partial charge on any atom is 0.277 e. The van der Waals surface area contributed by atoms with Crippen LogP contribution in [0.2, 0.25) is 0 Å². The Balaban J connectivity index is 2.66. The van der Waals surface area contributed by atoms with Crippen LogP contribution in [0.4, 0.5) is 0 Å². The first kappa shape index (κ1) is 14.5. The van der Waals surface area contributed by atoms with Gasteiger partial charge in [-0.15, -0.1) is 0 Å². The number of amides is 1. The number of rotatable bonds is 7. The second-order valence-corrected chi connectivity index (χ2v) is 4.10. The van der Waals surface area contributed by atoms with Gasteiger partial charge >= 0.3 is 0 Å². The minimum absolute atomic E-state index is 0.201. The van der Waals surface area contributed by atoms with Crippen LogP contribution < -0.4 is 5.48 Å². The number of aliphatic hydroxyl groups is 1. The van der Waals surface area contributed by atoms with Crippen molar-refractivity contribution < 1.29 is 15.1 Å². The van der Waals surface area contributed by atoms with E-state index in [4.69, 9.17) is 10.3 Å². The molecule has 0 aliphatic carbocycles. The number of carbonyl (C=O) groups is 1. The number of hydroxylamine groups is 1. The van der Waals surface area contributed by atoms with Crippen LogP contribution in [-0.4, -0.2) is 32.8 Å². The number of nitrogens with one attached hydrogen (secondary N) is 1. The Kier molecular flexibility index (Phi) is 6.24. The van der Waals surface area contributed by atoms with Gasteiger partial charge in [-0.2, -0.15) is 0 Å². The highest BCUT2D eigenvalue weighted by Gasteiger charge is 2.13. The van der Waals surface area contributed by atoms with Crippen molar-refractivity contribution >= 4 is 5.91 Å². The van der Waals surface area contributed by atoms with E-state index >= 15 is 0 Å². The van der Waals surface area contributed by atoms with Crippen molar-refractivity contribution in [3.8, 4) is 0 Å². The fourth-order valence-corrected chi connectivity index (χ4v) is 1.75. The summed E-state index contributed by atoms with van der Waals surface area (Å²) in [6.07, 6.45) is 6.35. The molecule has 1 amide bonds. The molecule has 100 valence electrons. The summed E-state index contributed by atoms with van der Waals surface area (Å²) >= 11 is 0. The van der Waals surface area contributed by atoms with Crippen LogP contribution in [0.15, 0.2) is 12.4 Å². The molecule has 1 rings (SSSR count). The molecule has 0 saturated carbocycles. The van der Waals surface area contributed by atoms with Crippen LogP contribution in [0.5, 0.6) is 0 Å². The molecular weight excluding hydrogens is 234 g/mol. The largest absolute Gasteiger partial charge is 0.396 e. The van der Waals surface area contributed by atoms with Gasteiger partial charge in [0.1, 0.15) is 5.82 Å². The highest BCUT2D eigenvalue weighted by molar-refractivity contribution is 5.92. The first-order valence-corrected chi connectivity index (χ1v) is 6.10. The fraction of sp³-hybridized carbons (Fsp3) is 0.583. The number of carbonyl (C=O) groups excluding carboxylic acids is 1. The van der Waals surface area contributed by atoms with Gasteiger partial charge in [0.05, 0.1) is 5.56 Å². The standard InChI is InChI=1S/C12H19N3O3/c1-2-9(5-3-4-6-16)11-13-7-10(8-14-11)12(17)15-18/h7-9,16,18H,2-6H2,1H3,(H,15,17). The molecule has 1 unspecified atom stereocenters. The first-order valence-electron chi connectivity index (χ1n) is 6.10. The molecule has 0 spiro atoms. The van der Waals surface area contributed by atoms with Crippen molar-refractivity contribution in [3.05, 3.63) is 23.8 Å². The number of unbranched alkanes of at least 4 members (excludes halogenated alkanes) is 1. The maximum atomic E-state index is 11.1. The van der Waals surface area contributed by atoms with Gasteiger partial charge in [0, 0.05) is 24.9 Å². The Labute approximate surface area is 106 Å². The van der Waals surface area contributed by atoms with Gasteiger partial charge in [-0.3, -0.25) is 10.0 Å². The Bertz CT molecular complexity index is 367. The van der Waals surface area contributed by atoms with Gasteiger partial charge in [0.15, 0.2) is 0 Å². The van der Waals surface area contributed by atoms with E-state index in [1.165, 1.54) is 17.9 Å². The molecule has 3 N–H and O–H groups in total. The molecule has 0 bridgehead atoms. The van der Waals surface area contributed by atoms with Crippen molar-refractivity contribution in [1.82, 2.24) is 15.4 Å². The van der Waals surface area contributed by atoms with Crippen LogP contribution >= 0.6 is 0 Å². The first-order chi connectivity index (χ1) is 8.72. The fourth-order valence-electron chi connectivity index (χ4n) is 1.75. The average Bonchev–Trinajstić information content (AvgIpc) is 2.43. The number of aromatic nitrogens is 2. The molecule has 1 aromatic heterocycles. The molecular formula is C12H19N3O3. The molecule has 6 heteroatoms. The van der Waals surface area contributed by atoms with Crippen molar-refractivity contribution in [2.24, 2.45) is 0 Å². The zero-order valence-corrected chi connectivity index (χ0v) is 10.5. The normalized spacial score (nSPS) is 12.2. The summed E-state index contributed by atoms with van der Waals surface area (Å²) in [5.74, 6) is 0.322. The van der Waals surface area contributed by atoms with E-state index in [2.05, 4.69) is 16.9 Å². The predicted molar refractivity (Wildman–Crippen MR) is 65.3 cm³/mol. The molecule has 6 nitrogen and oxygen atoms in total. The monoisotopic (exact) mass is 253 g/mol. The quantitative estimate of drug-likeness (QED) is 0.386. The van der Waals surface area contributed by atoms with Gasteiger partial charge in [0.2, 0.25) is 0 Å². The lowest BCUT2D eigenvalue weighted by molar-refractivity contribution is 0.0705. The van der Waals surface area contributed by atoms with Crippen molar-refractivity contribution in [1.29, 1.82) is 0 Å². The number of hydrogen-bond donors (Lipinski definition) is 3. The summed E-state index contributed by atoms with van der Waals surface area (Å²) in [6.45, 7) is 2.26. The minimum Gasteiger partial charge on any atom is -0.396 e. The van der Waals surface area contributed by atoms with E-state index in [0.717, 1.165) is 25.7 Å². The van der Waals surface area contributed by atoms with Crippen molar-refractivity contribution in [3.63, 3.8) is 0 Å². The smallest absolute Gasteiger partial charge is 0.277 e. The third kappa shape index (κ3) is 4.05. The van der Waals surface area contributed by atoms with E-state index in [0.29, 0.717) is 5.82 Å². The van der Waals surface area contributed by atoms with Crippen molar-refractivity contribution in [2.45, 2.75) is 38.5 Å². The molecule has 0 fully saturated rings. The predicted octanol–water partition coefficient (Wildman–Crippen LogP) is 1.25. The molecule has 1 atom stereocenters. The van der Waals surface area contributed by atoms with Gasteiger partial charge in [0.25, 0.3) is 5.91 Å². The van der Waals surface area contributed by atoms with Crippen LogP contribution in [0.3, 0.4) is 0 Å². The van der Waals surface area contributed by atoms with E-state index in [-0.39, 0.29) is 18.1 Å². The van der Waals surface area contributed by atoms with E-state index in [1.807, 2.05) is 0 Å². The Morgan fingerprint density at radius 2 is 2.06 bits per heavy atom. The highest BCUT2D eigenvalue weighted by atomic mass is 16.5. The lowest BCUT2D eigenvalue weighted by atomic mass is 9.98. The van der Waals surface area contributed by atoms with Crippen LogP contribution in [0.1, 0.15) is 54.7 Å². The summed E-state index contributed by atoms with van der Waals surface area (Å²) < 4.78 is 0. The Hall–Kier alpha value is -1.53. The molecule has 0 aromatic carbocycles. The van der Waals surface area contributed by atoms with Gasteiger partial charge in [-0.25, -0.2) is 15.4 Å². The summed E-state index contributed by atoms with van der Waals surface area (Å²) in [7, 11) is 0.